The minimum atomic E-state index is 0.163. The third-order valence-electron chi connectivity index (χ3n) is 2.23. The number of hydrogen-bond donors (Lipinski definition) is 1. The number of hydrogen-bond acceptors (Lipinski definition) is 7. The number of aryl methyl sites for hydroxylation is 1. The molecule has 0 atom stereocenters. The summed E-state index contributed by atoms with van der Waals surface area (Å²) in [5.41, 5.74) is 5.69. The summed E-state index contributed by atoms with van der Waals surface area (Å²) < 4.78 is 1.45. The minimum Gasteiger partial charge on any atom is -0.368 e. The molecule has 90 valence electrons. The Balaban J connectivity index is 2.11. The average Bonchev–Trinajstić information content (AvgIpc) is 2.98. The monoisotopic (exact) mass is 259 g/mol. The molecule has 0 saturated carbocycles. The van der Waals surface area contributed by atoms with Crippen molar-refractivity contribution in [3.63, 3.8) is 0 Å². The van der Waals surface area contributed by atoms with Crippen molar-refractivity contribution in [1.82, 2.24) is 29.7 Å². The highest BCUT2D eigenvalue weighted by Gasteiger charge is 2.10. The van der Waals surface area contributed by atoms with Gasteiger partial charge in [-0.3, -0.25) is 0 Å². The van der Waals surface area contributed by atoms with Crippen LogP contribution in [0.4, 0.5) is 5.95 Å². The second-order valence-corrected chi connectivity index (χ2v) is 4.86. The largest absolute Gasteiger partial charge is 0.368 e. The molecule has 0 saturated heterocycles. The molecule has 0 radical (unpaired) electrons. The van der Waals surface area contributed by atoms with E-state index in [9.17, 15) is 0 Å². The molecule has 3 rings (SSSR count). The van der Waals surface area contributed by atoms with E-state index in [0.29, 0.717) is 11.8 Å². The van der Waals surface area contributed by atoms with Crippen molar-refractivity contribution in [2.45, 2.75) is 6.92 Å². The quantitative estimate of drug-likeness (QED) is 0.739. The molecule has 0 spiro atoms. The number of nitrogen functional groups attached to an aromatic ring is 1. The van der Waals surface area contributed by atoms with Crippen LogP contribution >= 0.6 is 11.3 Å². The van der Waals surface area contributed by atoms with Gasteiger partial charge < -0.3 is 5.73 Å². The Morgan fingerprint density at radius 2 is 2.11 bits per heavy atom. The lowest BCUT2D eigenvalue weighted by molar-refractivity contribution is 0.800. The first-order chi connectivity index (χ1) is 8.72. The first-order valence-electron chi connectivity index (χ1n) is 5.16. The summed E-state index contributed by atoms with van der Waals surface area (Å²) in [6.45, 7) is 2.02. The SMILES string of the molecule is Cc1ccc(-c2nc(N)nc(-n3cncn3)n2)s1. The summed E-state index contributed by atoms with van der Waals surface area (Å²) >= 11 is 1.60. The van der Waals surface area contributed by atoms with E-state index in [1.807, 2.05) is 19.1 Å². The molecule has 0 amide bonds. The Bertz CT molecular complexity index is 673. The predicted octanol–water partition coefficient (Wildman–Crippen LogP) is 1.07. The molecule has 0 aromatic carbocycles. The molecular formula is C10H9N7S. The van der Waals surface area contributed by atoms with Gasteiger partial charge in [-0.15, -0.1) is 11.3 Å². The summed E-state index contributed by atoms with van der Waals surface area (Å²) in [6.07, 6.45) is 2.92. The molecule has 0 unspecified atom stereocenters. The summed E-state index contributed by atoms with van der Waals surface area (Å²) in [7, 11) is 0. The summed E-state index contributed by atoms with van der Waals surface area (Å²) in [6, 6.07) is 3.97. The van der Waals surface area contributed by atoms with E-state index in [1.165, 1.54) is 22.2 Å². The van der Waals surface area contributed by atoms with Crippen LogP contribution in [-0.4, -0.2) is 29.7 Å². The number of aromatic nitrogens is 6. The Kier molecular flexibility index (Phi) is 2.49. The van der Waals surface area contributed by atoms with Gasteiger partial charge >= 0.3 is 0 Å². The highest BCUT2D eigenvalue weighted by molar-refractivity contribution is 7.15. The maximum atomic E-state index is 5.69. The Morgan fingerprint density at radius 3 is 2.78 bits per heavy atom. The van der Waals surface area contributed by atoms with Crippen molar-refractivity contribution in [3.8, 4) is 16.6 Å². The van der Waals surface area contributed by atoms with Gasteiger partial charge in [-0.1, -0.05) is 0 Å². The van der Waals surface area contributed by atoms with E-state index in [0.717, 1.165) is 4.88 Å². The van der Waals surface area contributed by atoms with Crippen LogP contribution in [0.1, 0.15) is 4.88 Å². The zero-order valence-electron chi connectivity index (χ0n) is 9.48. The zero-order valence-corrected chi connectivity index (χ0v) is 10.3. The molecule has 3 aromatic rings. The van der Waals surface area contributed by atoms with Crippen molar-refractivity contribution >= 4 is 17.3 Å². The second-order valence-electron chi connectivity index (χ2n) is 3.57. The molecular weight excluding hydrogens is 250 g/mol. The van der Waals surface area contributed by atoms with Crippen LogP contribution in [0.5, 0.6) is 0 Å². The fourth-order valence-corrected chi connectivity index (χ4v) is 2.26. The van der Waals surface area contributed by atoms with Crippen LogP contribution in [0.3, 0.4) is 0 Å². The molecule has 0 aliphatic carbocycles. The van der Waals surface area contributed by atoms with E-state index in [-0.39, 0.29) is 5.95 Å². The van der Waals surface area contributed by atoms with Gasteiger partial charge in [0, 0.05) is 4.88 Å². The molecule has 0 aliphatic heterocycles. The second kappa shape index (κ2) is 4.15. The maximum Gasteiger partial charge on any atom is 0.257 e. The lowest BCUT2D eigenvalue weighted by Gasteiger charge is -2.02. The number of rotatable bonds is 2. The molecule has 3 aromatic heterocycles. The molecule has 2 N–H and O–H groups in total. The first-order valence-corrected chi connectivity index (χ1v) is 5.97. The van der Waals surface area contributed by atoms with E-state index in [1.54, 1.807) is 11.3 Å². The minimum absolute atomic E-state index is 0.163. The standard InChI is InChI=1S/C10H9N7S/c1-6-2-3-7(18-6)8-14-9(11)16-10(15-8)17-5-12-4-13-17/h2-5H,1H3,(H2,11,14,15,16). The Morgan fingerprint density at radius 1 is 1.22 bits per heavy atom. The van der Waals surface area contributed by atoms with Crippen LogP contribution in [0.25, 0.3) is 16.6 Å². The van der Waals surface area contributed by atoms with Crippen LogP contribution in [0, 0.1) is 6.92 Å². The first kappa shape index (κ1) is 10.8. The van der Waals surface area contributed by atoms with Gasteiger partial charge in [-0.05, 0) is 19.1 Å². The Hall–Kier alpha value is -2.35. The number of thiophene rings is 1. The van der Waals surface area contributed by atoms with Gasteiger partial charge in [0.25, 0.3) is 5.95 Å². The maximum absolute atomic E-state index is 5.69. The third-order valence-corrected chi connectivity index (χ3v) is 3.22. The molecule has 8 heteroatoms. The van der Waals surface area contributed by atoms with Gasteiger partial charge in [0.15, 0.2) is 5.82 Å². The highest BCUT2D eigenvalue weighted by atomic mass is 32.1. The Labute approximate surface area is 106 Å². The number of nitrogens with two attached hydrogens (primary N) is 1. The van der Waals surface area contributed by atoms with Crippen molar-refractivity contribution in [3.05, 3.63) is 29.7 Å². The van der Waals surface area contributed by atoms with E-state index in [4.69, 9.17) is 5.73 Å². The van der Waals surface area contributed by atoms with E-state index < -0.39 is 0 Å². The predicted molar refractivity (Wildman–Crippen MR) is 67.2 cm³/mol. The topological polar surface area (TPSA) is 95.4 Å². The number of anilines is 1. The molecule has 0 aliphatic rings. The fraction of sp³-hybridized carbons (Fsp3) is 0.100. The van der Waals surface area contributed by atoms with Gasteiger partial charge in [-0.25, -0.2) is 4.98 Å². The van der Waals surface area contributed by atoms with Crippen LogP contribution < -0.4 is 5.73 Å². The van der Waals surface area contributed by atoms with Crippen LogP contribution in [0.2, 0.25) is 0 Å². The van der Waals surface area contributed by atoms with Crippen molar-refractivity contribution in [2.75, 3.05) is 5.73 Å². The van der Waals surface area contributed by atoms with Crippen molar-refractivity contribution in [2.24, 2.45) is 0 Å². The highest BCUT2D eigenvalue weighted by Crippen LogP contribution is 2.25. The summed E-state index contributed by atoms with van der Waals surface area (Å²) in [4.78, 5) is 18.5. The smallest absolute Gasteiger partial charge is 0.257 e. The van der Waals surface area contributed by atoms with Crippen molar-refractivity contribution < 1.29 is 0 Å². The van der Waals surface area contributed by atoms with Gasteiger partial charge in [0.2, 0.25) is 5.95 Å². The van der Waals surface area contributed by atoms with E-state index in [2.05, 4.69) is 25.0 Å². The van der Waals surface area contributed by atoms with E-state index >= 15 is 0 Å². The molecule has 3 heterocycles. The molecule has 0 bridgehead atoms. The lowest BCUT2D eigenvalue weighted by Crippen LogP contribution is -2.07. The zero-order chi connectivity index (χ0) is 12.5. The lowest BCUT2D eigenvalue weighted by atomic mass is 10.4. The normalized spacial score (nSPS) is 10.7. The van der Waals surface area contributed by atoms with Crippen molar-refractivity contribution in [1.29, 1.82) is 0 Å². The summed E-state index contributed by atoms with van der Waals surface area (Å²) in [5.74, 6) is 1.07. The number of nitrogens with zero attached hydrogens (tertiary/aromatic N) is 6. The van der Waals surface area contributed by atoms with Gasteiger partial charge in [-0.2, -0.15) is 24.7 Å². The molecule has 7 nitrogen and oxygen atoms in total. The molecule has 18 heavy (non-hydrogen) atoms. The van der Waals surface area contributed by atoms with Crippen LogP contribution in [0.15, 0.2) is 24.8 Å². The van der Waals surface area contributed by atoms with Crippen LogP contribution in [-0.2, 0) is 0 Å². The third kappa shape index (κ3) is 1.93. The van der Waals surface area contributed by atoms with Gasteiger partial charge in [0.05, 0.1) is 4.88 Å². The summed E-state index contributed by atoms with van der Waals surface area (Å²) in [5, 5.41) is 3.97. The average molecular weight is 259 g/mol. The fourth-order valence-electron chi connectivity index (χ4n) is 1.46. The van der Waals surface area contributed by atoms with Gasteiger partial charge in [0.1, 0.15) is 12.7 Å². The molecule has 0 fully saturated rings.